The molecular weight excluding hydrogens is 192 g/mol. The Morgan fingerprint density at radius 2 is 2.46 bits per heavy atom. The maximum atomic E-state index is 10.8. The van der Waals surface area contributed by atoms with Gasteiger partial charge in [0.25, 0.3) is 0 Å². The van der Waals surface area contributed by atoms with Gasteiger partial charge in [-0.2, -0.15) is 0 Å². The fourth-order valence-electron chi connectivity index (χ4n) is 1.66. The average Bonchev–Trinajstić information content (AvgIpc) is 2.49. The highest BCUT2D eigenvalue weighted by Gasteiger charge is 2.25. The summed E-state index contributed by atoms with van der Waals surface area (Å²) in [5, 5.41) is 8.85. The maximum absolute atomic E-state index is 10.8. The number of imidazole rings is 1. The Kier molecular flexibility index (Phi) is 2.93. The molecule has 0 saturated heterocycles. The second-order valence-corrected chi connectivity index (χ2v) is 3.00. The molecule has 0 fully saturated rings. The number of aryl methyl sites for hydroxylation is 1. The van der Waals surface area contributed by atoms with E-state index in [4.69, 9.17) is 5.11 Å². The van der Waals surface area contributed by atoms with Gasteiger partial charge >= 0.3 is 5.97 Å². The van der Waals surface area contributed by atoms with Gasteiger partial charge in [0.15, 0.2) is 0 Å². The van der Waals surface area contributed by atoms with Crippen molar-refractivity contribution in [1.82, 2.24) is 9.55 Å². The van der Waals surface area contributed by atoms with Crippen LogP contribution in [0.4, 0.5) is 0 Å². The summed E-state index contributed by atoms with van der Waals surface area (Å²) in [5.41, 5.74) is 0. The van der Waals surface area contributed by atoms with E-state index in [2.05, 4.69) is 4.98 Å². The first-order valence-electron chi connectivity index (χ1n) is 4.03. The first-order valence-corrected chi connectivity index (χ1v) is 4.03. The third-order valence-corrected chi connectivity index (χ3v) is 2.25. The number of fused-ring (bicyclic) bond motifs is 1. The Balaban J connectivity index is 0.000000845. The number of rotatable bonds is 1. The van der Waals surface area contributed by atoms with Gasteiger partial charge in [0.2, 0.25) is 0 Å². The molecule has 1 aromatic heterocycles. The van der Waals surface area contributed by atoms with Crippen molar-refractivity contribution < 1.29 is 9.90 Å². The molecule has 0 aromatic carbocycles. The van der Waals surface area contributed by atoms with E-state index < -0.39 is 12.0 Å². The smallest absolute Gasteiger partial charge is 0.326 e. The van der Waals surface area contributed by atoms with Crippen LogP contribution in [0.2, 0.25) is 0 Å². The molecule has 0 radical (unpaired) electrons. The predicted octanol–water partition coefficient (Wildman–Crippen LogP) is 1.27. The van der Waals surface area contributed by atoms with Crippen molar-refractivity contribution in [2.24, 2.45) is 0 Å². The first kappa shape index (κ1) is 10.1. The van der Waals surface area contributed by atoms with Gasteiger partial charge in [-0.05, 0) is 12.8 Å². The van der Waals surface area contributed by atoms with Gasteiger partial charge in [0.05, 0.1) is 0 Å². The number of aliphatic carboxylic acids is 1. The highest BCUT2D eigenvalue weighted by molar-refractivity contribution is 5.85. The number of carbonyl (C=O) groups is 1. The van der Waals surface area contributed by atoms with E-state index in [1.807, 2.05) is 0 Å². The summed E-state index contributed by atoms with van der Waals surface area (Å²) in [6.07, 6.45) is 5.95. The molecule has 72 valence electrons. The predicted molar refractivity (Wildman–Crippen MR) is 49.1 cm³/mol. The van der Waals surface area contributed by atoms with Crippen molar-refractivity contribution >= 4 is 18.4 Å². The van der Waals surface area contributed by atoms with Crippen LogP contribution in [0.25, 0.3) is 0 Å². The van der Waals surface area contributed by atoms with Crippen LogP contribution < -0.4 is 0 Å². The molecule has 2 rings (SSSR count). The second-order valence-electron chi connectivity index (χ2n) is 3.00. The minimum Gasteiger partial charge on any atom is -0.480 e. The highest BCUT2D eigenvalue weighted by atomic mass is 35.5. The first-order chi connectivity index (χ1) is 5.79. The normalized spacial score (nSPS) is 20.2. The summed E-state index contributed by atoms with van der Waals surface area (Å²) in [6, 6.07) is -0.392. The van der Waals surface area contributed by atoms with E-state index in [1.165, 1.54) is 0 Å². The summed E-state index contributed by atoms with van der Waals surface area (Å²) in [7, 11) is 0. The second kappa shape index (κ2) is 3.79. The molecule has 1 N–H and O–H groups in total. The van der Waals surface area contributed by atoms with Crippen molar-refractivity contribution in [1.29, 1.82) is 0 Å². The fourth-order valence-corrected chi connectivity index (χ4v) is 1.66. The van der Waals surface area contributed by atoms with Crippen LogP contribution in [-0.4, -0.2) is 20.6 Å². The van der Waals surface area contributed by atoms with Crippen LogP contribution in [-0.2, 0) is 11.2 Å². The third-order valence-electron chi connectivity index (χ3n) is 2.25. The largest absolute Gasteiger partial charge is 0.480 e. The van der Waals surface area contributed by atoms with E-state index in [0.717, 1.165) is 25.1 Å². The summed E-state index contributed by atoms with van der Waals surface area (Å²) >= 11 is 0. The molecule has 0 bridgehead atoms. The topological polar surface area (TPSA) is 55.1 Å². The maximum Gasteiger partial charge on any atom is 0.326 e. The zero-order chi connectivity index (χ0) is 8.55. The van der Waals surface area contributed by atoms with Gasteiger partial charge < -0.3 is 9.67 Å². The lowest BCUT2D eigenvalue weighted by Gasteiger charge is -2.20. The monoisotopic (exact) mass is 202 g/mol. The minimum atomic E-state index is -0.756. The molecule has 4 nitrogen and oxygen atoms in total. The lowest BCUT2D eigenvalue weighted by atomic mass is 10.1. The molecule has 0 spiro atoms. The van der Waals surface area contributed by atoms with Crippen LogP contribution in [0.5, 0.6) is 0 Å². The van der Waals surface area contributed by atoms with Crippen LogP contribution in [0.1, 0.15) is 24.7 Å². The van der Waals surface area contributed by atoms with Crippen molar-refractivity contribution in [2.45, 2.75) is 25.3 Å². The average molecular weight is 203 g/mol. The van der Waals surface area contributed by atoms with Crippen molar-refractivity contribution in [3.63, 3.8) is 0 Å². The van der Waals surface area contributed by atoms with E-state index in [1.54, 1.807) is 17.0 Å². The number of carboxylic acids is 1. The summed E-state index contributed by atoms with van der Waals surface area (Å²) in [6.45, 7) is 0. The number of hydrogen-bond acceptors (Lipinski definition) is 2. The molecule has 13 heavy (non-hydrogen) atoms. The van der Waals surface area contributed by atoms with E-state index >= 15 is 0 Å². The Labute approximate surface area is 82.0 Å². The molecule has 1 unspecified atom stereocenters. The van der Waals surface area contributed by atoms with Crippen LogP contribution in [0.3, 0.4) is 0 Å². The molecule has 2 heterocycles. The number of carboxylic acid groups (broad SMARTS) is 1. The molecule has 1 aromatic rings. The Morgan fingerprint density at radius 1 is 1.69 bits per heavy atom. The van der Waals surface area contributed by atoms with Gasteiger partial charge in [0.1, 0.15) is 11.9 Å². The number of aromatic nitrogens is 2. The summed E-state index contributed by atoms with van der Waals surface area (Å²) in [4.78, 5) is 14.9. The zero-order valence-corrected chi connectivity index (χ0v) is 7.83. The SMILES string of the molecule is Cl.O=C(O)C1CCCc2nccn21. The van der Waals surface area contributed by atoms with Crippen molar-refractivity contribution in [3.05, 3.63) is 18.2 Å². The quantitative estimate of drug-likeness (QED) is 0.746. The molecule has 1 aliphatic heterocycles. The fraction of sp³-hybridized carbons (Fsp3) is 0.500. The molecule has 1 aliphatic rings. The van der Waals surface area contributed by atoms with Crippen molar-refractivity contribution in [3.8, 4) is 0 Å². The van der Waals surface area contributed by atoms with Crippen LogP contribution >= 0.6 is 12.4 Å². The van der Waals surface area contributed by atoms with Crippen LogP contribution in [0.15, 0.2) is 12.4 Å². The highest BCUT2D eigenvalue weighted by Crippen LogP contribution is 2.23. The molecule has 1 atom stereocenters. The van der Waals surface area contributed by atoms with Gasteiger partial charge in [-0.15, -0.1) is 12.4 Å². The van der Waals surface area contributed by atoms with E-state index in [9.17, 15) is 4.79 Å². The standard InChI is InChI=1S/C8H10N2O2.ClH/c11-8(12)6-2-1-3-7-9-4-5-10(6)7;/h4-6H,1-3H2,(H,11,12);1H. The van der Waals surface area contributed by atoms with Gasteiger partial charge in [0, 0.05) is 18.8 Å². The summed E-state index contributed by atoms with van der Waals surface area (Å²) in [5.74, 6) is 0.141. The van der Waals surface area contributed by atoms with Gasteiger partial charge in [-0.1, -0.05) is 0 Å². The minimum absolute atomic E-state index is 0. The number of nitrogens with zero attached hydrogens (tertiary/aromatic N) is 2. The Morgan fingerprint density at radius 3 is 3.15 bits per heavy atom. The summed E-state index contributed by atoms with van der Waals surface area (Å²) < 4.78 is 1.76. The lowest BCUT2D eigenvalue weighted by Crippen LogP contribution is -2.24. The molecule has 0 aliphatic carbocycles. The zero-order valence-electron chi connectivity index (χ0n) is 7.01. The number of hydrogen-bond donors (Lipinski definition) is 1. The Hall–Kier alpha value is -1.03. The molecule has 0 amide bonds. The third kappa shape index (κ3) is 1.67. The van der Waals surface area contributed by atoms with Crippen molar-refractivity contribution in [2.75, 3.05) is 0 Å². The molecular formula is C8H11ClN2O2. The van der Waals surface area contributed by atoms with E-state index in [-0.39, 0.29) is 12.4 Å². The van der Waals surface area contributed by atoms with Gasteiger partial charge in [-0.25, -0.2) is 9.78 Å². The molecule has 5 heteroatoms. The van der Waals surface area contributed by atoms with Crippen LogP contribution in [0, 0.1) is 0 Å². The van der Waals surface area contributed by atoms with E-state index in [0.29, 0.717) is 0 Å². The number of halogens is 1. The van der Waals surface area contributed by atoms with Gasteiger partial charge in [-0.3, -0.25) is 0 Å². The lowest BCUT2D eigenvalue weighted by molar-refractivity contribution is -0.141. The Bertz CT molecular complexity index is 311. The molecule has 0 saturated carbocycles.